The van der Waals surface area contributed by atoms with Crippen LogP contribution in [0.1, 0.15) is 26.7 Å². The number of carbonyl (C=O) groups excluding carboxylic acids is 2. The van der Waals surface area contributed by atoms with Crippen LogP contribution in [0.4, 0.5) is 0 Å². The first-order valence-corrected chi connectivity index (χ1v) is 4.45. The summed E-state index contributed by atoms with van der Waals surface area (Å²) in [4.78, 5) is 23.9. The molecular formula is C9H15NO3. The van der Waals surface area contributed by atoms with E-state index < -0.39 is 5.60 Å². The lowest BCUT2D eigenvalue weighted by atomic mass is 10.0. The first kappa shape index (κ1) is 10.2. The minimum Gasteiger partial charge on any atom is -0.381 e. The summed E-state index contributed by atoms with van der Waals surface area (Å²) in [6, 6.07) is 0. The van der Waals surface area contributed by atoms with Gasteiger partial charge in [-0.15, -0.1) is 0 Å². The van der Waals surface area contributed by atoms with Crippen molar-refractivity contribution in [3.05, 3.63) is 0 Å². The molecule has 0 spiro atoms. The number of rotatable bonds is 1. The van der Waals surface area contributed by atoms with E-state index in [1.54, 1.807) is 4.90 Å². The largest absolute Gasteiger partial charge is 0.381 e. The first-order valence-electron chi connectivity index (χ1n) is 4.45. The average molecular weight is 185 g/mol. The number of amides is 1. The van der Waals surface area contributed by atoms with Gasteiger partial charge in [-0.2, -0.15) is 0 Å². The third-order valence-corrected chi connectivity index (χ3v) is 2.13. The molecule has 0 atom stereocenters. The Labute approximate surface area is 77.5 Å². The Balaban J connectivity index is 2.55. The van der Waals surface area contributed by atoms with Crippen LogP contribution in [0.15, 0.2) is 0 Å². The van der Waals surface area contributed by atoms with Gasteiger partial charge in [0, 0.05) is 25.9 Å². The summed E-state index contributed by atoms with van der Waals surface area (Å²) in [6.07, 6.45) is 0.837. The second-order valence-electron chi connectivity index (χ2n) is 3.89. The summed E-state index contributed by atoms with van der Waals surface area (Å²) < 4.78 is 0. The molecule has 0 saturated carbocycles. The molecule has 13 heavy (non-hydrogen) atoms. The van der Waals surface area contributed by atoms with Gasteiger partial charge in [0.05, 0.1) is 0 Å². The van der Waals surface area contributed by atoms with Gasteiger partial charge in [0.25, 0.3) is 5.91 Å². The molecule has 1 aliphatic rings. The van der Waals surface area contributed by atoms with E-state index in [1.807, 2.05) is 0 Å². The maximum atomic E-state index is 11.5. The molecule has 1 saturated heterocycles. The van der Waals surface area contributed by atoms with Crippen molar-refractivity contribution in [2.75, 3.05) is 13.1 Å². The summed E-state index contributed by atoms with van der Waals surface area (Å²) in [7, 11) is 0. The van der Waals surface area contributed by atoms with Gasteiger partial charge >= 0.3 is 0 Å². The molecule has 0 radical (unpaired) electrons. The number of nitrogens with zero attached hydrogens (tertiary/aromatic N) is 1. The van der Waals surface area contributed by atoms with Crippen molar-refractivity contribution in [1.29, 1.82) is 0 Å². The van der Waals surface area contributed by atoms with E-state index in [2.05, 4.69) is 0 Å². The number of aliphatic hydroxyl groups is 1. The molecule has 1 fully saturated rings. The fourth-order valence-corrected chi connectivity index (χ4v) is 1.35. The Hall–Kier alpha value is -0.900. The van der Waals surface area contributed by atoms with Gasteiger partial charge in [-0.05, 0) is 13.8 Å². The van der Waals surface area contributed by atoms with Crippen molar-refractivity contribution < 1.29 is 14.7 Å². The van der Waals surface area contributed by atoms with Crippen LogP contribution >= 0.6 is 0 Å². The number of likely N-dealkylation sites (tertiary alicyclic amines) is 1. The van der Waals surface area contributed by atoms with Crippen LogP contribution in [0.25, 0.3) is 0 Å². The predicted octanol–water partition coefficient (Wildman–Crippen LogP) is -0.0512. The highest BCUT2D eigenvalue weighted by atomic mass is 16.3. The van der Waals surface area contributed by atoms with Crippen LogP contribution < -0.4 is 0 Å². The molecule has 74 valence electrons. The highest BCUT2D eigenvalue weighted by molar-refractivity contribution is 5.87. The zero-order valence-corrected chi connectivity index (χ0v) is 8.04. The second-order valence-corrected chi connectivity index (χ2v) is 3.89. The standard InChI is InChI=1S/C9H15NO3/c1-9(2,13)8(12)10-5-3-7(11)4-6-10/h13H,3-6H2,1-2H3. The maximum absolute atomic E-state index is 11.5. The van der Waals surface area contributed by atoms with E-state index in [0.29, 0.717) is 25.9 Å². The molecule has 0 aromatic carbocycles. The minimum absolute atomic E-state index is 0.194. The summed E-state index contributed by atoms with van der Waals surface area (Å²) in [6.45, 7) is 3.82. The Morgan fingerprint density at radius 2 is 1.85 bits per heavy atom. The molecule has 1 amide bonds. The van der Waals surface area contributed by atoms with Gasteiger partial charge in [0.1, 0.15) is 11.4 Å². The van der Waals surface area contributed by atoms with Gasteiger partial charge in [0.2, 0.25) is 0 Å². The van der Waals surface area contributed by atoms with Gasteiger partial charge in [-0.3, -0.25) is 9.59 Å². The van der Waals surface area contributed by atoms with Crippen LogP contribution in [-0.2, 0) is 9.59 Å². The van der Waals surface area contributed by atoms with E-state index in [1.165, 1.54) is 13.8 Å². The molecule has 0 bridgehead atoms. The summed E-state index contributed by atoms with van der Waals surface area (Å²) in [5.41, 5.74) is -1.32. The third kappa shape index (κ3) is 2.52. The quantitative estimate of drug-likeness (QED) is 0.623. The van der Waals surface area contributed by atoms with Crippen LogP contribution in [0.2, 0.25) is 0 Å². The Kier molecular flexibility index (Phi) is 2.71. The van der Waals surface area contributed by atoms with E-state index in [0.717, 1.165) is 0 Å². The molecule has 0 aromatic heterocycles. The van der Waals surface area contributed by atoms with Crippen LogP contribution in [0.5, 0.6) is 0 Å². The molecule has 0 aromatic rings. The highest BCUT2D eigenvalue weighted by Gasteiger charge is 2.31. The van der Waals surface area contributed by atoms with Gasteiger partial charge < -0.3 is 10.0 Å². The van der Waals surface area contributed by atoms with Crippen molar-refractivity contribution in [2.24, 2.45) is 0 Å². The summed E-state index contributed by atoms with van der Waals surface area (Å²) in [5.74, 6) is -0.0974. The molecule has 0 aliphatic carbocycles. The highest BCUT2D eigenvalue weighted by Crippen LogP contribution is 2.12. The average Bonchev–Trinajstić information content (AvgIpc) is 2.03. The number of Topliss-reactive ketones (excluding diaryl/α,β-unsaturated/α-hetero) is 1. The monoisotopic (exact) mass is 185 g/mol. The van der Waals surface area contributed by atoms with Crippen molar-refractivity contribution in [2.45, 2.75) is 32.3 Å². The van der Waals surface area contributed by atoms with Gasteiger partial charge in [-0.1, -0.05) is 0 Å². The van der Waals surface area contributed by atoms with E-state index >= 15 is 0 Å². The van der Waals surface area contributed by atoms with Crippen LogP contribution in [-0.4, -0.2) is 40.4 Å². The normalized spacial score (nSPS) is 19.0. The zero-order chi connectivity index (χ0) is 10.1. The van der Waals surface area contributed by atoms with Crippen LogP contribution in [0.3, 0.4) is 0 Å². The van der Waals surface area contributed by atoms with Crippen molar-refractivity contribution >= 4 is 11.7 Å². The molecular weight excluding hydrogens is 170 g/mol. The fourth-order valence-electron chi connectivity index (χ4n) is 1.35. The van der Waals surface area contributed by atoms with E-state index in [-0.39, 0.29) is 11.7 Å². The lowest BCUT2D eigenvalue weighted by molar-refractivity contribution is -0.149. The Morgan fingerprint density at radius 1 is 1.38 bits per heavy atom. The SMILES string of the molecule is CC(C)(O)C(=O)N1CCC(=O)CC1. The van der Waals surface area contributed by atoms with Crippen molar-refractivity contribution in [1.82, 2.24) is 4.90 Å². The van der Waals surface area contributed by atoms with Crippen LogP contribution in [0, 0.1) is 0 Å². The number of hydrogen-bond donors (Lipinski definition) is 1. The molecule has 1 aliphatic heterocycles. The van der Waals surface area contributed by atoms with E-state index in [4.69, 9.17) is 0 Å². The third-order valence-electron chi connectivity index (χ3n) is 2.13. The van der Waals surface area contributed by atoms with Gasteiger partial charge in [-0.25, -0.2) is 0 Å². The molecule has 4 heteroatoms. The predicted molar refractivity (Wildman–Crippen MR) is 47.1 cm³/mol. The molecule has 1 rings (SSSR count). The van der Waals surface area contributed by atoms with Crippen molar-refractivity contribution in [3.8, 4) is 0 Å². The zero-order valence-electron chi connectivity index (χ0n) is 8.04. The second kappa shape index (κ2) is 3.46. The topological polar surface area (TPSA) is 57.6 Å². The molecule has 0 unspecified atom stereocenters. The molecule has 1 heterocycles. The first-order chi connectivity index (χ1) is 5.91. The number of piperidine rings is 1. The fraction of sp³-hybridized carbons (Fsp3) is 0.778. The number of carbonyl (C=O) groups is 2. The number of ketones is 1. The van der Waals surface area contributed by atoms with Gasteiger partial charge in [0.15, 0.2) is 0 Å². The lowest BCUT2D eigenvalue weighted by Gasteiger charge is -2.30. The molecule has 1 N–H and O–H groups in total. The lowest BCUT2D eigenvalue weighted by Crippen LogP contribution is -2.48. The Morgan fingerprint density at radius 3 is 2.23 bits per heavy atom. The smallest absolute Gasteiger partial charge is 0.253 e. The summed E-state index contributed by atoms with van der Waals surface area (Å²) in [5, 5.41) is 9.43. The molecule has 4 nitrogen and oxygen atoms in total. The Bertz CT molecular complexity index is 220. The maximum Gasteiger partial charge on any atom is 0.253 e. The number of hydrogen-bond acceptors (Lipinski definition) is 3. The van der Waals surface area contributed by atoms with E-state index in [9.17, 15) is 14.7 Å². The van der Waals surface area contributed by atoms with Crippen molar-refractivity contribution in [3.63, 3.8) is 0 Å². The minimum atomic E-state index is -1.32. The summed E-state index contributed by atoms with van der Waals surface area (Å²) >= 11 is 0.